The zero-order valence-electron chi connectivity index (χ0n) is 11.9. The number of amidine groups is 2. The number of ketones is 2. The summed E-state index contributed by atoms with van der Waals surface area (Å²) in [6, 6.07) is 6.12. The van der Waals surface area contributed by atoms with Crippen LogP contribution in [-0.4, -0.2) is 32.6 Å². The summed E-state index contributed by atoms with van der Waals surface area (Å²) in [5, 5.41) is 11.0. The maximum absolute atomic E-state index is 12.3. The van der Waals surface area contributed by atoms with Crippen molar-refractivity contribution >= 4 is 39.2 Å². The van der Waals surface area contributed by atoms with E-state index < -0.39 is 15.2 Å². The van der Waals surface area contributed by atoms with Crippen molar-refractivity contribution in [3.8, 4) is 0 Å². The van der Waals surface area contributed by atoms with Gasteiger partial charge >= 0.3 is 5.84 Å². The summed E-state index contributed by atoms with van der Waals surface area (Å²) in [7, 11) is 0. The Hall–Kier alpha value is -2.22. The second-order valence-corrected chi connectivity index (χ2v) is 6.16. The highest BCUT2D eigenvalue weighted by atomic mass is 79.9. The third-order valence-electron chi connectivity index (χ3n) is 3.13. The molecule has 0 radical (unpaired) electrons. The number of carbonyl (C=O) groups is 2. The van der Waals surface area contributed by atoms with Crippen molar-refractivity contribution in [1.29, 1.82) is 0 Å². The van der Waals surface area contributed by atoms with E-state index in [1.165, 1.54) is 26.0 Å². The van der Waals surface area contributed by atoms with Gasteiger partial charge < -0.3 is 10.1 Å². The molecule has 1 aliphatic rings. The lowest BCUT2D eigenvalue weighted by atomic mass is 10.0. The first-order chi connectivity index (χ1) is 10.2. The van der Waals surface area contributed by atoms with E-state index in [1.54, 1.807) is 12.1 Å². The lowest BCUT2D eigenvalue weighted by molar-refractivity contribution is -0.354. The fourth-order valence-corrected chi connectivity index (χ4v) is 2.82. The van der Waals surface area contributed by atoms with Crippen LogP contribution in [0, 0.1) is 10.1 Å². The Kier molecular flexibility index (Phi) is 4.32. The third-order valence-corrected chi connectivity index (χ3v) is 3.94. The SMILES string of the molecule is CC(=O)c1ccc(C(=O)CC2(Br)N=C(C)N=C2[N+](=O)[O-])cc1. The standard InChI is InChI=1S/C14H12BrN3O4/c1-8(19)10-3-5-11(6-4-10)12(20)7-14(15)13(18(21)22)16-9(2)17-14/h3-6H,7H2,1-2H3. The number of Topliss-reactive ketones (excluding diaryl/α,β-unsaturated/α-hetero) is 2. The number of nitro groups is 1. The molecule has 22 heavy (non-hydrogen) atoms. The van der Waals surface area contributed by atoms with Gasteiger partial charge in [0, 0.05) is 18.1 Å². The van der Waals surface area contributed by atoms with E-state index in [2.05, 4.69) is 25.9 Å². The van der Waals surface area contributed by atoms with Crippen LogP contribution in [0.5, 0.6) is 0 Å². The highest BCUT2D eigenvalue weighted by molar-refractivity contribution is 9.10. The minimum atomic E-state index is -1.45. The van der Waals surface area contributed by atoms with Crippen LogP contribution in [0.25, 0.3) is 0 Å². The lowest BCUT2D eigenvalue weighted by Crippen LogP contribution is -2.35. The van der Waals surface area contributed by atoms with Crippen molar-refractivity contribution in [3.05, 3.63) is 45.5 Å². The average Bonchev–Trinajstić information content (AvgIpc) is 2.73. The molecule has 1 aromatic carbocycles. The van der Waals surface area contributed by atoms with Crippen LogP contribution in [0.2, 0.25) is 0 Å². The zero-order valence-corrected chi connectivity index (χ0v) is 13.5. The predicted molar refractivity (Wildman–Crippen MR) is 84.6 cm³/mol. The number of alkyl halides is 1. The van der Waals surface area contributed by atoms with Gasteiger partial charge in [-0.25, -0.2) is 4.99 Å². The summed E-state index contributed by atoms with van der Waals surface area (Å²) >= 11 is 3.15. The zero-order chi connectivity index (χ0) is 16.5. The molecule has 114 valence electrons. The van der Waals surface area contributed by atoms with Gasteiger partial charge in [0.15, 0.2) is 11.6 Å². The number of benzene rings is 1. The van der Waals surface area contributed by atoms with Gasteiger partial charge in [0.05, 0.1) is 6.42 Å². The molecule has 1 aliphatic heterocycles. The van der Waals surface area contributed by atoms with Crippen LogP contribution < -0.4 is 0 Å². The van der Waals surface area contributed by atoms with Crippen molar-refractivity contribution in [2.24, 2.45) is 9.98 Å². The molecule has 1 atom stereocenters. The first kappa shape index (κ1) is 16.2. The molecule has 0 N–H and O–H groups in total. The Bertz CT molecular complexity index is 724. The van der Waals surface area contributed by atoms with Gasteiger partial charge in [0.2, 0.25) is 10.3 Å². The minimum Gasteiger partial charge on any atom is -0.358 e. The second-order valence-electron chi connectivity index (χ2n) is 4.84. The minimum absolute atomic E-state index is 0.102. The third kappa shape index (κ3) is 3.16. The molecule has 0 amide bonds. The van der Waals surface area contributed by atoms with E-state index in [-0.39, 0.29) is 23.8 Å². The van der Waals surface area contributed by atoms with Crippen LogP contribution in [-0.2, 0) is 0 Å². The van der Waals surface area contributed by atoms with Gasteiger partial charge in [0.25, 0.3) is 0 Å². The summed E-state index contributed by atoms with van der Waals surface area (Å²) in [6.45, 7) is 2.96. The maximum atomic E-state index is 12.3. The van der Waals surface area contributed by atoms with Crippen molar-refractivity contribution < 1.29 is 14.5 Å². The summed E-state index contributed by atoms with van der Waals surface area (Å²) in [5.74, 6) is -0.600. The maximum Gasteiger partial charge on any atom is 0.380 e. The second kappa shape index (κ2) is 5.88. The Morgan fingerprint density at radius 3 is 2.32 bits per heavy atom. The fraction of sp³-hybridized carbons (Fsp3) is 0.286. The quantitative estimate of drug-likeness (QED) is 0.269. The monoisotopic (exact) mass is 365 g/mol. The Balaban J connectivity index is 2.23. The number of hydrogen-bond donors (Lipinski definition) is 0. The Morgan fingerprint density at radius 2 is 1.82 bits per heavy atom. The highest BCUT2D eigenvalue weighted by Gasteiger charge is 2.48. The van der Waals surface area contributed by atoms with E-state index >= 15 is 0 Å². The number of hydrogen-bond acceptors (Lipinski definition) is 6. The number of halogens is 1. The van der Waals surface area contributed by atoms with Crippen LogP contribution in [0.1, 0.15) is 41.0 Å². The summed E-state index contributed by atoms with van der Waals surface area (Å²) < 4.78 is -1.45. The predicted octanol–water partition coefficient (Wildman–Crippen LogP) is 2.66. The molecule has 0 spiro atoms. The molecule has 2 rings (SSSR count). The molecular weight excluding hydrogens is 354 g/mol. The van der Waals surface area contributed by atoms with E-state index in [9.17, 15) is 19.7 Å². The smallest absolute Gasteiger partial charge is 0.358 e. The molecule has 7 nitrogen and oxygen atoms in total. The lowest BCUT2D eigenvalue weighted by Gasteiger charge is -2.14. The first-order valence-corrected chi connectivity index (χ1v) is 7.15. The largest absolute Gasteiger partial charge is 0.380 e. The van der Waals surface area contributed by atoms with Crippen LogP contribution >= 0.6 is 15.9 Å². The van der Waals surface area contributed by atoms with Gasteiger partial charge in [-0.1, -0.05) is 24.3 Å². The molecule has 1 unspecified atom stereocenters. The average molecular weight is 366 g/mol. The summed E-state index contributed by atoms with van der Waals surface area (Å²) in [4.78, 5) is 41.7. The van der Waals surface area contributed by atoms with Crippen molar-refractivity contribution in [2.75, 3.05) is 0 Å². The molecule has 1 aromatic rings. The van der Waals surface area contributed by atoms with Crippen molar-refractivity contribution in [1.82, 2.24) is 0 Å². The van der Waals surface area contributed by atoms with Crippen LogP contribution in [0.4, 0.5) is 0 Å². The van der Waals surface area contributed by atoms with Crippen molar-refractivity contribution in [3.63, 3.8) is 0 Å². The van der Waals surface area contributed by atoms with E-state index in [0.29, 0.717) is 11.1 Å². The van der Waals surface area contributed by atoms with Gasteiger partial charge in [-0.15, -0.1) is 0 Å². The molecule has 0 fully saturated rings. The number of rotatable bonds is 4. The first-order valence-electron chi connectivity index (χ1n) is 6.36. The number of aliphatic imine (C=N–C) groups is 2. The topological polar surface area (TPSA) is 102 Å². The Morgan fingerprint density at radius 1 is 1.27 bits per heavy atom. The van der Waals surface area contributed by atoms with E-state index in [1.807, 2.05) is 0 Å². The fourth-order valence-electron chi connectivity index (χ4n) is 2.08. The molecule has 0 saturated heterocycles. The number of nitrogens with zero attached hydrogens (tertiary/aromatic N) is 3. The van der Waals surface area contributed by atoms with E-state index in [0.717, 1.165) is 0 Å². The molecule has 0 saturated carbocycles. The number of carbonyl (C=O) groups excluding carboxylic acids is 2. The highest BCUT2D eigenvalue weighted by Crippen LogP contribution is 2.32. The molecular formula is C14H12BrN3O4. The van der Waals surface area contributed by atoms with Crippen LogP contribution in [0.3, 0.4) is 0 Å². The molecule has 8 heteroatoms. The molecule has 0 bridgehead atoms. The van der Waals surface area contributed by atoms with Crippen molar-refractivity contribution in [2.45, 2.75) is 24.7 Å². The normalized spacial score (nSPS) is 20.3. The molecule has 0 aromatic heterocycles. The van der Waals surface area contributed by atoms with Crippen LogP contribution in [0.15, 0.2) is 34.3 Å². The van der Waals surface area contributed by atoms with E-state index in [4.69, 9.17) is 0 Å². The van der Waals surface area contributed by atoms with Gasteiger partial charge in [-0.2, -0.15) is 0 Å². The molecule has 1 heterocycles. The van der Waals surface area contributed by atoms with Gasteiger partial charge in [0.1, 0.15) is 0 Å². The Labute approximate surface area is 134 Å². The summed E-state index contributed by atoms with van der Waals surface area (Å²) in [5.41, 5.74) is 0.846. The van der Waals surface area contributed by atoms with Gasteiger partial charge in [-0.3, -0.25) is 9.59 Å². The molecule has 0 aliphatic carbocycles. The van der Waals surface area contributed by atoms with Gasteiger partial charge in [-0.05, 0) is 32.8 Å². The summed E-state index contributed by atoms with van der Waals surface area (Å²) in [6.07, 6.45) is -0.233.